The van der Waals surface area contributed by atoms with Gasteiger partial charge in [-0.3, -0.25) is 9.59 Å². The zero-order valence-corrected chi connectivity index (χ0v) is 21.6. The monoisotopic (exact) mass is 553 g/mol. The van der Waals surface area contributed by atoms with Crippen molar-refractivity contribution in [3.05, 3.63) is 0 Å². The molecule has 0 spiro atoms. The molecule has 1 aliphatic heterocycles. The van der Waals surface area contributed by atoms with Crippen LogP contribution in [-0.2, 0) is 28.8 Å². The van der Waals surface area contributed by atoms with Gasteiger partial charge in [0.25, 0.3) is 10.1 Å². The van der Waals surface area contributed by atoms with Gasteiger partial charge in [-0.05, 0) is 38.0 Å². The second-order valence-electron chi connectivity index (χ2n) is 10.4. The number of hydrogen-bond acceptors (Lipinski definition) is 8. The van der Waals surface area contributed by atoms with Crippen molar-refractivity contribution in [3.63, 3.8) is 0 Å². The van der Waals surface area contributed by atoms with E-state index in [1.807, 2.05) is 0 Å². The average molecular weight is 554 g/mol. The summed E-state index contributed by atoms with van der Waals surface area (Å²) in [6.07, 6.45) is 3.26. The van der Waals surface area contributed by atoms with Crippen LogP contribution < -0.4 is 16.0 Å². The Labute approximate surface area is 215 Å². The summed E-state index contributed by atoms with van der Waals surface area (Å²) in [5.74, 6) is -4.84. The molecule has 212 valence electrons. The molecule has 37 heavy (non-hydrogen) atoms. The van der Waals surface area contributed by atoms with Crippen LogP contribution in [0.2, 0.25) is 0 Å². The molecule has 2 aliphatic carbocycles. The summed E-state index contributed by atoms with van der Waals surface area (Å²) in [5, 5.41) is 16.5. The molecule has 3 atom stereocenters. The van der Waals surface area contributed by atoms with E-state index >= 15 is 0 Å². The lowest BCUT2D eigenvalue weighted by Crippen LogP contribution is -2.53. The SMILES string of the molecule is O=C(NC(CC1CCCCC1)C(=O)N[C@@H](CC1CCNC1=O)CS(=O)(=O)OO)OC1CCC(F)(F)CC1. The molecule has 0 aromatic rings. The fourth-order valence-electron chi connectivity index (χ4n) is 5.41. The summed E-state index contributed by atoms with van der Waals surface area (Å²) >= 11 is 0. The summed E-state index contributed by atoms with van der Waals surface area (Å²) < 4.78 is 59.5. The van der Waals surface area contributed by atoms with Crippen LogP contribution in [0.4, 0.5) is 13.6 Å². The van der Waals surface area contributed by atoms with Crippen molar-refractivity contribution in [1.82, 2.24) is 16.0 Å². The van der Waals surface area contributed by atoms with Gasteiger partial charge in [-0.15, -0.1) is 4.33 Å². The molecule has 3 aliphatic rings. The van der Waals surface area contributed by atoms with Crippen LogP contribution in [0.1, 0.15) is 77.0 Å². The molecule has 14 heteroatoms. The van der Waals surface area contributed by atoms with Gasteiger partial charge in [0, 0.05) is 31.3 Å². The van der Waals surface area contributed by atoms with Gasteiger partial charge in [0.05, 0.1) is 5.75 Å². The maximum absolute atomic E-state index is 13.4. The van der Waals surface area contributed by atoms with Crippen LogP contribution in [0.3, 0.4) is 0 Å². The van der Waals surface area contributed by atoms with Crippen LogP contribution in [0.15, 0.2) is 0 Å². The molecular formula is C23H37F2N3O8S. The quantitative estimate of drug-likeness (QED) is 0.224. The first-order valence-electron chi connectivity index (χ1n) is 12.9. The third-order valence-corrected chi connectivity index (χ3v) is 8.48. The Morgan fingerprint density at radius 2 is 1.73 bits per heavy atom. The Morgan fingerprint density at radius 3 is 2.32 bits per heavy atom. The van der Waals surface area contributed by atoms with E-state index in [1.165, 1.54) is 0 Å². The van der Waals surface area contributed by atoms with Gasteiger partial charge in [-0.1, -0.05) is 32.1 Å². The Morgan fingerprint density at radius 1 is 1.05 bits per heavy atom. The highest BCUT2D eigenvalue weighted by Gasteiger charge is 2.37. The van der Waals surface area contributed by atoms with Crippen molar-refractivity contribution >= 4 is 28.0 Å². The molecule has 0 aromatic carbocycles. The number of halogens is 2. The maximum Gasteiger partial charge on any atom is 0.408 e. The molecule has 2 unspecified atom stereocenters. The number of alkyl carbamates (subject to hydrolysis) is 1. The molecule has 1 saturated heterocycles. The lowest BCUT2D eigenvalue weighted by atomic mass is 9.84. The van der Waals surface area contributed by atoms with Crippen molar-refractivity contribution in [2.45, 2.75) is 101 Å². The van der Waals surface area contributed by atoms with Crippen molar-refractivity contribution in [2.24, 2.45) is 11.8 Å². The molecule has 3 amide bonds. The number of amides is 3. The fraction of sp³-hybridized carbons (Fsp3) is 0.870. The highest BCUT2D eigenvalue weighted by Crippen LogP contribution is 2.34. The summed E-state index contributed by atoms with van der Waals surface area (Å²) in [5.41, 5.74) is 0. The first-order valence-corrected chi connectivity index (χ1v) is 14.5. The lowest BCUT2D eigenvalue weighted by molar-refractivity contribution is -0.131. The van der Waals surface area contributed by atoms with E-state index in [4.69, 9.17) is 9.99 Å². The van der Waals surface area contributed by atoms with Gasteiger partial charge in [-0.2, -0.15) is 8.42 Å². The summed E-state index contributed by atoms with van der Waals surface area (Å²) in [6, 6.07) is -2.12. The van der Waals surface area contributed by atoms with E-state index in [-0.39, 0.29) is 43.9 Å². The molecule has 0 aromatic heterocycles. The largest absolute Gasteiger partial charge is 0.446 e. The van der Waals surface area contributed by atoms with Crippen LogP contribution >= 0.6 is 0 Å². The molecular weight excluding hydrogens is 516 g/mol. The number of hydrogen-bond donors (Lipinski definition) is 4. The van der Waals surface area contributed by atoms with E-state index in [1.54, 1.807) is 0 Å². The van der Waals surface area contributed by atoms with E-state index < -0.39 is 57.9 Å². The van der Waals surface area contributed by atoms with E-state index in [0.717, 1.165) is 32.1 Å². The molecule has 11 nitrogen and oxygen atoms in total. The molecule has 3 fully saturated rings. The zero-order valence-electron chi connectivity index (χ0n) is 20.8. The van der Waals surface area contributed by atoms with Gasteiger partial charge < -0.3 is 20.7 Å². The highest BCUT2D eigenvalue weighted by molar-refractivity contribution is 7.86. The summed E-state index contributed by atoms with van der Waals surface area (Å²) in [7, 11) is -4.39. The number of carbonyl (C=O) groups is 3. The third kappa shape index (κ3) is 9.64. The minimum atomic E-state index is -4.39. The number of ether oxygens (including phenoxy) is 1. The minimum absolute atomic E-state index is 0.00293. The molecule has 4 N–H and O–H groups in total. The van der Waals surface area contributed by atoms with Gasteiger partial charge in [-0.25, -0.2) is 18.8 Å². The number of nitrogens with one attached hydrogen (secondary N) is 3. The topological polar surface area (TPSA) is 160 Å². The standard InChI is InChI=1S/C23H37F2N3O8S/c24-23(25)9-6-18(7-10-23)35-22(31)28-19(12-15-4-2-1-3-5-15)21(30)27-17(14-37(33,34)36-32)13-16-8-11-26-20(16)29/h15-19,32H,1-14H2,(H,26,29)(H,27,30)(H,28,31)/t16?,17-,19?/m0/s1. The Kier molecular flexibility index (Phi) is 10.5. The van der Waals surface area contributed by atoms with Crippen molar-refractivity contribution in [3.8, 4) is 0 Å². The minimum Gasteiger partial charge on any atom is -0.446 e. The predicted molar refractivity (Wildman–Crippen MR) is 127 cm³/mol. The normalized spacial score (nSPS) is 24.6. The Balaban J connectivity index is 1.67. The molecule has 0 radical (unpaired) electrons. The van der Waals surface area contributed by atoms with Crippen molar-refractivity contribution in [1.29, 1.82) is 0 Å². The average Bonchev–Trinajstić information content (AvgIpc) is 3.24. The van der Waals surface area contributed by atoms with Gasteiger partial charge >= 0.3 is 6.09 Å². The Bertz CT molecular complexity index is 904. The highest BCUT2D eigenvalue weighted by atomic mass is 32.2. The number of rotatable bonds is 11. The fourth-order valence-corrected chi connectivity index (χ4v) is 6.18. The molecule has 2 saturated carbocycles. The van der Waals surface area contributed by atoms with E-state index in [2.05, 4.69) is 20.3 Å². The van der Waals surface area contributed by atoms with Crippen LogP contribution in [0.25, 0.3) is 0 Å². The maximum atomic E-state index is 13.4. The van der Waals surface area contributed by atoms with E-state index in [9.17, 15) is 31.6 Å². The number of carbonyl (C=O) groups excluding carboxylic acids is 3. The van der Waals surface area contributed by atoms with E-state index in [0.29, 0.717) is 19.4 Å². The van der Waals surface area contributed by atoms with Gasteiger partial charge in [0.2, 0.25) is 17.7 Å². The van der Waals surface area contributed by atoms with Gasteiger partial charge in [0.15, 0.2) is 0 Å². The smallest absolute Gasteiger partial charge is 0.408 e. The lowest BCUT2D eigenvalue weighted by Gasteiger charge is -2.30. The third-order valence-electron chi connectivity index (χ3n) is 7.44. The number of alkyl halides is 2. The second kappa shape index (κ2) is 13.1. The van der Waals surface area contributed by atoms with Crippen molar-refractivity contribution < 1.29 is 45.9 Å². The molecule has 3 rings (SSSR count). The predicted octanol–water partition coefficient (Wildman–Crippen LogP) is 2.46. The van der Waals surface area contributed by atoms with Crippen LogP contribution in [0.5, 0.6) is 0 Å². The summed E-state index contributed by atoms with van der Waals surface area (Å²) in [4.78, 5) is 37.9. The molecule has 1 heterocycles. The summed E-state index contributed by atoms with van der Waals surface area (Å²) in [6.45, 7) is 0.429. The first kappa shape index (κ1) is 29.5. The zero-order chi connectivity index (χ0) is 27.1. The second-order valence-corrected chi connectivity index (χ2v) is 12.0. The first-order chi connectivity index (χ1) is 17.5. The Hall–Kier alpha value is -2.06. The van der Waals surface area contributed by atoms with Crippen molar-refractivity contribution in [2.75, 3.05) is 12.3 Å². The van der Waals surface area contributed by atoms with Crippen LogP contribution in [0, 0.1) is 11.8 Å². The van der Waals surface area contributed by atoms with Gasteiger partial charge in [0.1, 0.15) is 12.1 Å². The van der Waals surface area contributed by atoms with Crippen LogP contribution in [-0.4, -0.2) is 68.0 Å². The molecule has 0 bridgehead atoms.